The summed E-state index contributed by atoms with van der Waals surface area (Å²) in [6.07, 6.45) is 3.26. The van der Waals surface area contributed by atoms with E-state index in [9.17, 15) is 9.59 Å². The molecule has 1 fully saturated rings. The van der Waals surface area contributed by atoms with E-state index in [1.54, 1.807) is 19.1 Å². The minimum absolute atomic E-state index is 0.0839. The molecular formula is C15H20N2O4. The van der Waals surface area contributed by atoms with Crippen LogP contribution >= 0.6 is 0 Å². The lowest BCUT2D eigenvalue weighted by atomic mass is 10.1. The zero-order valence-electron chi connectivity index (χ0n) is 12.0. The first-order valence-corrected chi connectivity index (χ1v) is 7.06. The fourth-order valence-electron chi connectivity index (χ4n) is 2.33. The molecular weight excluding hydrogens is 272 g/mol. The number of carbonyl (C=O) groups excluding carboxylic acids is 1. The first kappa shape index (κ1) is 15.3. The maximum atomic E-state index is 11.8. The second-order valence-electron chi connectivity index (χ2n) is 5.16. The lowest BCUT2D eigenvalue weighted by molar-refractivity contribution is 0.0187. The lowest BCUT2D eigenvalue weighted by Crippen LogP contribution is -2.37. The smallest absolute Gasteiger partial charge is 0.335 e. The van der Waals surface area contributed by atoms with Crippen LogP contribution in [0.3, 0.4) is 0 Å². The van der Waals surface area contributed by atoms with Gasteiger partial charge in [-0.2, -0.15) is 0 Å². The highest BCUT2D eigenvalue weighted by molar-refractivity contribution is 5.92. The molecule has 0 aliphatic carbocycles. The van der Waals surface area contributed by atoms with Crippen molar-refractivity contribution in [2.24, 2.45) is 0 Å². The number of nitrogens with one attached hydrogen (secondary N) is 2. The molecule has 1 aliphatic rings. The Morgan fingerprint density at radius 2 is 2.19 bits per heavy atom. The van der Waals surface area contributed by atoms with Crippen LogP contribution in [0.1, 0.15) is 35.2 Å². The van der Waals surface area contributed by atoms with Gasteiger partial charge in [0.05, 0.1) is 11.7 Å². The molecule has 1 atom stereocenters. The van der Waals surface area contributed by atoms with Gasteiger partial charge in [0.1, 0.15) is 0 Å². The number of hydrogen-bond donors (Lipinski definition) is 3. The van der Waals surface area contributed by atoms with Gasteiger partial charge < -0.3 is 20.5 Å². The molecule has 2 amide bonds. The molecule has 0 radical (unpaired) electrons. The third-order valence-electron chi connectivity index (χ3n) is 3.48. The SMILES string of the molecule is Cc1cc(NC(=O)NCC2CCCCO2)ccc1C(=O)O. The van der Waals surface area contributed by atoms with Crippen LogP contribution in [0.5, 0.6) is 0 Å². The molecule has 0 bridgehead atoms. The van der Waals surface area contributed by atoms with Crippen LogP contribution in [0.15, 0.2) is 18.2 Å². The second-order valence-corrected chi connectivity index (χ2v) is 5.16. The van der Waals surface area contributed by atoms with Crippen molar-refractivity contribution in [1.82, 2.24) is 5.32 Å². The quantitative estimate of drug-likeness (QED) is 0.795. The molecule has 0 spiro atoms. The van der Waals surface area contributed by atoms with Crippen LogP contribution in [0.2, 0.25) is 0 Å². The van der Waals surface area contributed by atoms with Crippen LogP contribution in [-0.4, -0.2) is 36.4 Å². The van der Waals surface area contributed by atoms with Crippen molar-refractivity contribution in [3.63, 3.8) is 0 Å². The van der Waals surface area contributed by atoms with Crippen molar-refractivity contribution < 1.29 is 19.4 Å². The summed E-state index contributed by atoms with van der Waals surface area (Å²) < 4.78 is 5.53. The zero-order chi connectivity index (χ0) is 15.2. The van der Waals surface area contributed by atoms with Gasteiger partial charge >= 0.3 is 12.0 Å². The number of hydrogen-bond acceptors (Lipinski definition) is 3. The van der Waals surface area contributed by atoms with Gasteiger partial charge in [0.25, 0.3) is 0 Å². The molecule has 6 nitrogen and oxygen atoms in total. The van der Waals surface area contributed by atoms with Crippen molar-refractivity contribution in [3.8, 4) is 0 Å². The first-order valence-electron chi connectivity index (χ1n) is 7.06. The Kier molecular flexibility index (Phi) is 5.16. The Balaban J connectivity index is 1.84. The van der Waals surface area contributed by atoms with Gasteiger partial charge in [-0.05, 0) is 49.9 Å². The summed E-state index contributed by atoms with van der Waals surface area (Å²) >= 11 is 0. The Bertz CT molecular complexity index is 524. The summed E-state index contributed by atoms with van der Waals surface area (Å²) in [5.41, 5.74) is 1.41. The van der Waals surface area contributed by atoms with Crippen LogP contribution in [-0.2, 0) is 4.74 Å². The number of ether oxygens (including phenoxy) is 1. The van der Waals surface area contributed by atoms with Crippen molar-refractivity contribution in [2.75, 3.05) is 18.5 Å². The van der Waals surface area contributed by atoms with Crippen LogP contribution < -0.4 is 10.6 Å². The lowest BCUT2D eigenvalue weighted by Gasteiger charge is -2.22. The fourth-order valence-corrected chi connectivity index (χ4v) is 2.33. The number of carboxylic acids is 1. The number of aromatic carboxylic acids is 1. The average molecular weight is 292 g/mol. The highest BCUT2D eigenvalue weighted by Crippen LogP contribution is 2.15. The summed E-state index contributed by atoms with van der Waals surface area (Å²) in [7, 11) is 0. The highest BCUT2D eigenvalue weighted by Gasteiger charge is 2.15. The van der Waals surface area contributed by atoms with Gasteiger partial charge in [-0.25, -0.2) is 9.59 Å². The molecule has 1 aliphatic heterocycles. The zero-order valence-corrected chi connectivity index (χ0v) is 12.0. The number of aryl methyl sites for hydroxylation is 1. The average Bonchev–Trinajstić information content (AvgIpc) is 2.46. The van der Waals surface area contributed by atoms with Crippen molar-refractivity contribution in [3.05, 3.63) is 29.3 Å². The van der Waals surface area contributed by atoms with E-state index >= 15 is 0 Å². The Labute approximate surface area is 123 Å². The predicted octanol–water partition coefficient (Wildman–Crippen LogP) is 2.38. The predicted molar refractivity (Wildman–Crippen MR) is 78.8 cm³/mol. The molecule has 1 aromatic carbocycles. The van der Waals surface area contributed by atoms with Crippen LogP contribution in [0.25, 0.3) is 0 Å². The summed E-state index contributed by atoms with van der Waals surface area (Å²) in [5, 5.41) is 14.4. The van der Waals surface area contributed by atoms with E-state index in [-0.39, 0.29) is 17.7 Å². The molecule has 1 unspecified atom stereocenters. The Morgan fingerprint density at radius 3 is 2.81 bits per heavy atom. The normalized spacial score (nSPS) is 18.0. The van der Waals surface area contributed by atoms with Gasteiger partial charge in [0, 0.05) is 18.8 Å². The molecule has 3 N–H and O–H groups in total. The number of anilines is 1. The number of rotatable bonds is 4. The van der Waals surface area contributed by atoms with E-state index in [1.807, 2.05) is 0 Å². The third-order valence-corrected chi connectivity index (χ3v) is 3.48. The minimum atomic E-state index is -0.974. The number of benzene rings is 1. The van der Waals surface area contributed by atoms with E-state index in [0.717, 1.165) is 25.9 Å². The molecule has 114 valence electrons. The molecule has 0 aromatic heterocycles. The van der Waals surface area contributed by atoms with Gasteiger partial charge in [0.15, 0.2) is 0 Å². The van der Waals surface area contributed by atoms with E-state index in [1.165, 1.54) is 6.07 Å². The summed E-state index contributed by atoms with van der Waals surface area (Å²) in [4.78, 5) is 22.7. The van der Waals surface area contributed by atoms with Gasteiger partial charge in [-0.1, -0.05) is 0 Å². The largest absolute Gasteiger partial charge is 0.478 e. The molecule has 0 saturated carbocycles. The van der Waals surface area contributed by atoms with Gasteiger partial charge in [-0.15, -0.1) is 0 Å². The van der Waals surface area contributed by atoms with Crippen molar-refractivity contribution in [1.29, 1.82) is 0 Å². The molecule has 21 heavy (non-hydrogen) atoms. The maximum Gasteiger partial charge on any atom is 0.335 e. The topological polar surface area (TPSA) is 87.7 Å². The van der Waals surface area contributed by atoms with E-state index in [4.69, 9.17) is 9.84 Å². The Morgan fingerprint density at radius 1 is 1.38 bits per heavy atom. The number of carbonyl (C=O) groups is 2. The number of urea groups is 1. The minimum Gasteiger partial charge on any atom is -0.478 e. The summed E-state index contributed by atoms with van der Waals surface area (Å²) in [6.45, 7) is 2.93. The van der Waals surface area contributed by atoms with Crippen LogP contribution in [0, 0.1) is 6.92 Å². The number of carboxylic acid groups (broad SMARTS) is 1. The molecule has 1 heterocycles. The fraction of sp³-hybridized carbons (Fsp3) is 0.467. The van der Waals surface area contributed by atoms with Gasteiger partial charge in [0.2, 0.25) is 0 Å². The molecule has 1 aromatic rings. The Hall–Kier alpha value is -2.08. The number of amides is 2. The molecule has 2 rings (SSSR count). The molecule has 6 heteroatoms. The van der Waals surface area contributed by atoms with E-state index < -0.39 is 5.97 Å². The van der Waals surface area contributed by atoms with E-state index in [2.05, 4.69) is 10.6 Å². The maximum absolute atomic E-state index is 11.8. The van der Waals surface area contributed by atoms with Crippen LogP contribution in [0.4, 0.5) is 10.5 Å². The monoisotopic (exact) mass is 292 g/mol. The second kappa shape index (κ2) is 7.08. The summed E-state index contributed by atoms with van der Waals surface area (Å²) in [5.74, 6) is -0.974. The standard InChI is InChI=1S/C15H20N2O4/c1-10-8-11(5-6-13(10)14(18)19)17-15(20)16-9-12-4-2-3-7-21-12/h5-6,8,12H,2-4,7,9H2,1H3,(H,18,19)(H2,16,17,20). The third kappa shape index (κ3) is 4.46. The molecule has 1 saturated heterocycles. The van der Waals surface area contributed by atoms with E-state index in [0.29, 0.717) is 17.8 Å². The van der Waals surface area contributed by atoms with Gasteiger partial charge in [-0.3, -0.25) is 0 Å². The van der Waals surface area contributed by atoms with Crippen molar-refractivity contribution in [2.45, 2.75) is 32.3 Å². The summed E-state index contributed by atoms with van der Waals surface area (Å²) in [6, 6.07) is 4.39. The van der Waals surface area contributed by atoms with Crippen molar-refractivity contribution >= 4 is 17.7 Å². The first-order chi connectivity index (χ1) is 10.1. The highest BCUT2D eigenvalue weighted by atomic mass is 16.5.